The van der Waals surface area contributed by atoms with E-state index in [1.807, 2.05) is 29.6 Å². The van der Waals surface area contributed by atoms with Crippen LogP contribution in [0.3, 0.4) is 0 Å². The zero-order valence-corrected chi connectivity index (χ0v) is 17.1. The zero-order chi connectivity index (χ0) is 18.8. The largest absolute Gasteiger partial charge is 0.306 e. The molecule has 1 fully saturated rings. The molecule has 1 aliphatic carbocycles. The fraction of sp³-hybridized carbons (Fsp3) is 0.333. The minimum Gasteiger partial charge on any atom is -0.306 e. The molecule has 1 N–H and O–H groups in total. The third kappa shape index (κ3) is 4.34. The summed E-state index contributed by atoms with van der Waals surface area (Å²) < 4.78 is 2.11. The normalized spacial score (nSPS) is 13.7. The molecule has 1 saturated carbocycles. The van der Waals surface area contributed by atoms with Gasteiger partial charge in [-0.05, 0) is 31.9 Å². The summed E-state index contributed by atoms with van der Waals surface area (Å²) >= 11 is 8.73. The van der Waals surface area contributed by atoms with E-state index in [1.165, 1.54) is 35.9 Å². The van der Waals surface area contributed by atoms with Crippen molar-refractivity contribution in [2.75, 3.05) is 11.1 Å². The molecule has 0 aliphatic heterocycles. The van der Waals surface area contributed by atoms with Gasteiger partial charge in [-0.15, -0.1) is 21.5 Å². The average molecular weight is 420 g/mol. The predicted molar refractivity (Wildman–Crippen MR) is 110 cm³/mol. The number of thiazole rings is 1. The highest BCUT2D eigenvalue weighted by atomic mass is 35.5. The van der Waals surface area contributed by atoms with Crippen molar-refractivity contribution in [3.05, 3.63) is 40.5 Å². The smallest absolute Gasteiger partial charge is 0.236 e. The number of nitrogens with one attached hydrogen (secondary N) is 1. The number of carbonyl (C=O) groups excluding carboxylic acids is 1. The summed E-state index contributed by atoms with van der Waals surface area (Å²) in [7, 11) is 0. The highest BCUT2D eigenvalue weighted by molar-refractivity contribution is 7.99. The van der Waals surface area contributed by atoms with Crippen LogP contribution < -0.4 is 5.32 Å². The molecule has 9 heteroatoms. The van der Waals surface area contributed by atoms with Crippen molar-refractivity contribution >= 4 is 45.7 Å². The van der Waals surface area contributed by atoms with Crippen molar-refractivity contribution in [3.8, 4) is 11.3 Å². The first kappa shape index (κ1) is 18.5. The van der Waals surface area contributed by atoms with Crippen LogP contribution >= 0.6 is 34.7 Å². The Bertz CT molecular complexity index is 949. The Morgan fingerprint density at radius 3 is 2.81 bits per heavy atom. The van der Waals surface area contributed by atoms with E-state index in [0.29, 0.717) is 16.1 Å². The molecule has 3 aromatic rings. The molecule has 0 saturated heterocycles. The number of halogens is 1. The molecule has 2 aromatic heterocycles. The summed E-state index contributed by atoms with van der Waals surface area (Å²) in [6.07, 6.45) is 2.37. The second-order valence-corrected chi connectivity index (χ2v) is 8.48. The zero-order valence-electron chi connectivity index (χ0n) is 14.7. The molecule has 4 rings (SSSR count). The first-order chi connectivity index (χ1) is 13.1. The molecule has 0 radical (unpaired) electrons. The molecule has 140 valence electrons. The Hall–Kier alpha value is -1.90. The number of rotatable bonds is 7. The minimum absolute atomic E-state index is 0.101. The summed E-state index contributed by atoms with van der Waals surface area (Å²) in [6.45, 7) is 2.90. The summed E-state index contributed by atoms with van der Waals surface area (Å²) in [4.78, 5) is 16.8. The lowest BCUT2D eigenvalue weighted by Gasteiger charge is -2.06. The summed E-state index contributed by atoms with van der Waals surface area (Å²) in [5.41, 5.74) is 1.79. The molecule has 0 spiro atoms. The van der Waals surface area contributed by atoms with Crippen LogP contribution in [0.2, 0.25) is 5.02 Å². The van der Waals surface area contributed by atoms with Crippen molar-refractivity contribution in [2.24, 2.45) is 0 Å². The molecular weight excluding hydrogens is 402 g/mol. The molecule has 27 heavy (non-hydrogen) atoms. The summed E-state index contributed by atoms with van der Waals surface area (Å²) in [6, 6.07) is 7.47. The van der Waals surface area contributed by atoms with Crippen LogP contribution in [0.15, 0.2) is 34.8 Å². The van der Waals surface area contributed by atoms with Crippen molar-refractivity contribution in [3.63, 3.8) is 0 Å². The van der Waals surface area contributed by atoms with Gasteiger partial charge in [0.2, 0.25) is 5.91 Å². The van der Waals surface area contributed by atoms with E-state index in [2.05, 4.69) is 32.0 Å². The lowest BCUT2D eigenvalue weighted by Crippen LogP contribution is -2.14. The van der Waals surface area contributed by atoms with E-state index in [1.54, 1.807) is 0 Å². The highest BCUT2D eigenvalue weighted by Crippen LogP contribution is 2.40. The van der Waals surface area contributed by atoms with E-state index >= 15 is 0 Å². The lowest BCUT2D eigenvalue weighted by atomic mass is 10.2. The molecule has 6 nitrogen and oxygen atoms in total. The second kappa shape index (κ2) is 8.00. The number of nitrogens with zero attached hydrogens (tertiary/aromatic N) is 4. The van der Waals surface area contributed by atoms with E-state index in [0.717, 1.165) is 28.8 Å². The maximum atomic E-state index is 12.3. The highest BCUT2D eigenvalue weighted by Gasteiger charge is 2.30. The summed E-state index contributed by atoms with van der Waals surface area (Å²) in [5, 5.41) is 15.4. The third-order valence-corrected chi connectivity index (χ3v) is 6.20. The molecule has 1 aromatic carbocycles. The van der Waals surface area contributed by atoms with Crippen LogP contribution in [0.1, 0.15) is 31.5 Å². The number of hydrogen-bond acceptors (Lipinski definition) is 6. The lowest BCUT2D eigenvalue weighted by molar-refractivity contribution is -0.113. The van der Waals surface area contributed by atoms with Crippen molar-refractivity contribution in [2.45, 2.75) is 37.4 Å². The van der Waals surface area contributed by atoms with Crippen molar-refractivity contribution < 1.29 is 4.79 Å². The van der Waals surface area contributed by atoms with E-state index in [4.69, 9.17) is 11.6 Å². The van der Waals surface area contributed by atoms with Gasteiger partial charge in [0.15, 0.2) is 10.3 Å². The summed E-state index contributed by atoms with van der Waals surface area (Å²) in [5.74, 6) is 1.77. The first-order valence-corrected chi connectivity index (χ1v) is 11.0. The molecule has 0 unspecified atom stereocenters. The van der Waals surface area contributed by atoms with Crippen LogP contribution in [0.25, 0.3) is 11.3 Å². The van der Waals surface area contributed by atoms with Gasteiger partial charge in [-0.1, -0.05) is 35.5 Å². The quantitative estimate of drug-likeness (QED) is 0.562. The SMILES string of the molecule is CCn1c(SCC(=O)Nc2nc(-c3ccc(Cl)cc3)cs2)nnc1C1CC1. The molecule has 1 aliphatic rings. The number of aromatic nitrogens is 4. The average Bonchev–Trinajstić information content (AvgIpc) is 3.26. The van der Waals surface area contributed by atoms with Gasteiger partial charge in [-0.25, -0.2) is 4.98 Å². The van der Waals surface area contributed by atoms with Crippen molar-refractivity contribution in [1.82, 2.24) is 19.7 Å². The Kier molecular flexibility index (Phi) is 5.47. The third-order valence-electron chi connectivity index (χ3n) is 4.23. The number of thioether (sulfide) groups is 1. The van der Waals surface area contributed by atoms with Crippen LogP contribution in [0, 0.1) is 0 Å². The molecule has 0 bridgehead atoms. The van der Waals surface area contributed by atoms with Crippen LogP contribution in [0.5, 0.6) is 0 Å². The van der Waals surface area contributed by atoms with E-state index in [-0.39, 0.29) is 11.7 Å². The molecule has 1 amide bonds. The Balaban J connectivity index is 1.35. The minimum atomic E-state index is -0.101. The van der Waals surface area contributed by atoms with Gasteiger partial charge in [0, 0.05) is 28.4 Å². The first-order valence-electron chi connectivity index (χ1n) is 8.71. The van der Waals surface area contributed by atoms with E-state index in [9.17, 15) is 4.79 Å². The Morgan fingerprint density at radius 2 is 2.11 bits per heavy atom. The molecule has 2 heterocycles. The molecular formula is C18H18ClN5OS2. The fourth-order valence-electron chi connectivity index (χ4n) is 2.72. The monoisotopic (exact) mass is 419 g/mol. The Morgan fingerprint density at radius 1 is 1.33 bits per heavy atom. The number of carbonyl (C=O) groups is 1. The maximum Gasteiger partial charge on any atom is 0.236 e. The van der Waals surface area contributed by atoms with Gasteiger partial charge in [0.1, 0.15) is 5.82 Å². The van der Waals surface area contributed by atoms with E-state index < -0.39 is 0 Å². The van der Waals surface area contributed by atoms with Gasteiger partial charge < -0.3 is 9.88 Å². The van der Waals surface area contributed by atoms with Crippen LogP contribution in [-0.4, -0.2) is 31.4 Å². The topological polar surface area (TPSA) is 72.7 Å². The number of benzene rings is 1. The van der Waals surface area contributed by atoms with Gasteiger partial charge in [0.25, 0.3) is 0 Å². The van der Waals surface area contributed by atoms with Crippen LogP contribution in [-0.2, 0) is 11.3 Å². The van der Waals surface area contributed by atoms with Gasteiger partial charge >= 0.3 is 0 Å². The second-order valence-electron chi connectivity index (χ2n) is 6.24. The molecule has 0 atom stereocenters. The van der Waals surface area contributed by atoms with Gasteiger partial charge in [-0.3, -0.25) is 4.79 Å². The van der Waals surface area contributed by atoms with Crippen LogP contribution in [0.4, 0.5) is 5.13 Å². The van der Waals surface area contributed by atoms with Crippen molar-refractivity contribution in [1.29, 1.82) is 0 Å². The number of hydrogen-bond donors (Lipinski definition) is 1. The van der Waals surface area contributed by atoms with Gasteiger partial charge in [0.05, 0.1) is 11.4 Å². The van der Waals surface area contributed by atoms with Gasteiger partial charge in [-0.2, -0.15) is 0 Å². The number of amides is 1. The number of anilines is 1. The maximum absolute atomic E-state index is 12.3. The Labute approximate surface area is 170 Å². The predicted octanol–water partition coefficient (Wildman–Crippen LogP) is 4.68. The fourth-order valence-corrected chi connectivity index (χ4v) is 4.39. The standard InChI is InChI=1S/C18H18ClN5OS2/c1-2-24-16(12-3-4-12)22-23-18(24)27-10-15(25)21-17-20-14(9-26-17)11-5-7-13(19)8-6-11/h5-9,12H,2-4,10H2,1H3,(H,20,21,25).